The molecule has 1 aliphatic heterocycles. The molecule has 20 heavy (non-hydrogen) atoms. The predicted molar refractivity (Wildman–Crippen MR) is 96.0 cm³/mol. The quantitative estimate of drug-likeness (QED) is 0.798. The zero-order valence-electron chi connectivity index (χ0n) is 11.9. The van der Waals surface area contributed by atoms with Crippen molar-refractivity contribution in [3.05, 3.63) is 35.9 Å². The fourth-order valence-corrected chi connectivity index (χ4v) is 2.60. The van der Waals surface area contributed by atoms with E-state index in [9.17, 15) is 0 Å². The fourth-order valence-electron chi connectivity index (χ4n) is 2.46. The molecular weight excluding hydrogens is 311 g/mol. The molecule has 0 aromatic heterocycles. The van der Waals surface area contributed by atoms with E-state index in [0.29, 0.717) is 0 Å². The van der Waals surface area contributed by atoms with Crippen molar-refractivity contribution in [3.8, 4) is 0 Å². The molecule has 1 saturated heterocycles. The third-order valence-corrected chi connectivity index (χ3v) is 3.97. The molecule has 2 nitrogen and oxygen atoms in total. The Hall–Kier alpha value is 0.0700. The van der Waals surface area contributed by atoms with E-state index >= 15 is 0 Å². The smallest absolute Gasteiger partial charge is 0.0110 e. The highest BCUT2D eigenvalue weighted by atomic mass is 35.5. The Labute approximate surface area is 141 Å². The lowest BCUT2D eigenvalue weighted by molar-refractivity contribution is 0.134. The summed E-state index contributed by atoms with van der Waals surface area (Å²) in [7, 11) is 0. The summed E-state index contributed by atoms with van der Waals surface area (Å²) in [5.74, 6) is 1.01. The van der Waals surface area contributed by atoms with Crippen LogP contribution in [0, 0.1) is 0 Å². The first-order valence-corrected chi connectivity index (χ1v) is 7.61. The van der Waals surface area contributed by atoms with Crippen molar-refractivity contribution in [1.82, 2.24) is 9.80 Å². The van der Waals surface area contributed by atoms with Crippen molar-refractivity contribution in [2.45, 2.75) is 12.8 Å². The maximum Gasteiger partial charge on any atom is 0.0110 e. The molecule has 0 unspecified atom stereocenters. The fraction of sp³-hybridized carbons (Fsp3) is 0.600. The van der Waals surface area contributed by atoms with Gasteiger partial charge in [-0.3, -0.25) is 0 Å². The van der Waals surface area contributed by atoms with Gasteiger partial charge in [-0.2, -0.15) is 12.6 Å². The van der Waals surface area contributed by atoms with Crippen LogP contribution in [-0.2, 0) is 6.42 Å². The molecule has 0 saturated carbocycles. The van der Waals surface area contributed by atoms with Crippen LogP contribution >= 0.6 is 37.4 Å². The van der Waals surface area contributed by atoms with Crippen molar-refractivity contribution in [2.24, 2.45) is 0 Å². The monoisotopic (exact) mass is 336 g/mol. The Bertz CT molecular complexity index is 330. The Morgan fingerprint density at radius 2 is 1.40 bits per heavy atom. The molecule has 1 aromatic rings. The molecule has 1 fully saturated rings. The molecular formula is C15H26Cl2N2S. The van der Waals surface area contributed by atoms with E-state index in [2.05, 4.69) is 52.8 Å². The summed E-state index contributed by atoms with van der Waals surface area (Å²) >= 11 is 4.27. The third-order valence-electron chi connectivity index (χ3n) is 3.66. The Morgan fingerprint density at radius 1 is 0.850 bits per heavy atom. The number of benzene rings is 1. The van der Waals surface area contributed by atoms with Crippen molar-refractivity contribution in [2.75, 3.05) is 45.0 Å². The molecule has 0 spiro atoms. The summed E-state index contributed by atoms with van der Waals surface area (Å²) in [5.41, 5.74) is 1.45. The maximum atomic E-state index is 4.27. The van der Waals surface area contributed by atoms with Gasteiger partial charge in [-0.25, -0.2) is 0 Å². The van der Waals surface area contributed by atoms with Crippen molar-refractivity contribution >= 4 is 37.4 Å². The van der Waals surface area contributed by atoms with Gasteiger partial charge in [-0.15, -0.1) is 24.8 Å². The van der Waals surface area contributed by atoms with Crippen LogP contribution in [-0.4, -0.2) is 54.8 Å². The van der Waals surface area contributed by atoms with Crippen LogP contribution in [0.1, 0.15) is 12.0 Å². The zero-order chi connectivity index (χ0) is 12.6. The number of halogens is 2. The number of nitrogens with zero attached hydrogens (tertiary/aromatic N) is 2. The van der Waals surface area contributed by atoms with E-state index in [1.54, 1.807) is 0 Å². The molecule has 1 heterocycles. The van der Waals surface area contributed by atoms with Crippen LogP contribution in [0.25, 0.3) is 0 Å². The maximum absolute atomic E-state index is 4.27. The van der Waals surface area contributed by atoms with Gasteiger partial charge in [0.05, 0.1) is 0 Å². The normalized spacial score (nSPS) is 16.2. The molecule has 0 N–H and O–H groups in total. The van der Waals surface area contributed by atoms with E-state index in [4.69, 9.17) is 0 Å². The van der Waals surface area contributed by atoms with Gasteiger partial charge < -0.3 is 9.80 Å². The van der Waals surface area contributed by atoms with Gasteiger partial charge in [-0.1, -0.05) is 30.3 Å². The second kappa shape index (κ2) is 11.7. The van der Waals surface area contributed by atoms with Crippen LogP contribution in [0.15, 0.2) is 30.3 Å². The van der Waals surface area contributed by atoms with Gasteiger partial charge in [0.15, 0.2) is 0 Å². The van der Waals surface area contributed by atoms with Gasteiger partial charge in [-0.05, 0) is 30.7 Å². The topological polar surface area (TPSA) is 6.48 Å². The van der Waals surface area contributed by atoms with E-state index in [0.717, 1.165) is 5.75 Å². The lowest BCUT2D eigenvalue weighted by Crippen LogP contribution is -2.47. The summed E-state index contributed by atoms with van der Waals surface area (Å²) in [4.78, 5) is 5.15. The standard InChI is InChI=1S/C15H24N2S.2ClH/c18-14-4-8-16-10-12-17(13-11-16)9-7-15-5-2-1-3-6-15;;/h1-3,5-6,18H,4,7-14H2;2*1H. The summed E-state index contributed by atoms with van der Waals surface area (Å²) in [5, 5.41) is 0. The summed E-state index contributed by atoms with van der Waals surface area (Å²) in [6.07, 6.45) is 2.39. The molecule has 1 aromatic carbocycles. The first-order valence-electron chi connectivity index (χ1n) is 6.98. The first-order chi connectivity index (χ1) is 8.88. The van der Waals surface area contributed by atoms with E-state index in [-0.39, 0.29) is 24.8 Å². The molecule has 5 heteroatoms. The Balaban J connectivity index is 0.00000180. The minimum Gasteiger partial charge on any atom is -0.301 e. The predicted octanol–water partition coefficient (Wildman–Crippen LogP) is 3.01. The number of hydrogen-bond donors (Lipinski definition) is 1. The van der Waals surface area contributed by atoms with Crippen molar-refractivity contribution in [1.29, 1.82) is 0 Å². The minimum absolute atomic E-state index is 0. The van der Waals surface area contributed by atoms with Crippen molar-refractivity contribution in [3.63, 3.8) is 0 Å². The Kier molecular flexibility index (Phi) is 11.7. The summed E-state index contributed by atoms with van der Waals surface area (Å²) in [6, 6.07) is 10.8. The number of thiol groups is 1. The zero-order valence-corrected chi connectivity index (χ0v) is 14.4. The Morgan fingerprint density at radius 3 is 1.95 bits per heavy atom. The number of piperazine rings is 1. The second-order valence-corrected chi connectivity index (χ2v) is 5.44. The van der Waals surface area contributed by atoms with Crippen LogP contribution < -0.4 is 0 Å². The molecule has 116 valence electrons. The van der Waals surface area contributed by atoms with Crippen LogP contribution in [0.5, 0.6) is 0 Å². The van der Waals surface area contributed by atoms with E-state index < -0.39 is 0 Å². The molecule has 2 rings (SSSR count). The van der Waals surface area contributed by atoms with Crippen LogP contribution in [0.3, 0.4) is 0 Å². The minimum atomic E-state index is 0. The average molecular weight is 337 g/mol. The highest BCUT2D eigenvalue weighted by molar-refractivity contribution is 7.80. The van der Waals surface area contributed by atoms with Crippen LogP contribution in [0.4, 0.5) is 0 Å². The summed E-state index contributed by atoms with van der Waals surface area (Å²) in [6.45, 7) is 7.31. The lowest BCUT2D eigenvalue weighted by Gasteiger charge is -2.34. The van der Waals surface area contributed by atoms with E-state index in [1.165, 1.54) is 57.7 Å². The molecule has 0 bridgehead atoms. The molecule has 0 atom stereocenters. The number of rotatable bonds is 6. The number of hydrogen-bond acceptors (Lipinski definition) is 3. The van der Waals surface area contributed by atoms with Gasteiger partial charge in [0.2, 0.25) is 0 Å². The highest BCUT2D eigenvalue weighted by Crippen LogP contribution is 2.06. The van der Waals surface area contributed by atoms with Gasteiger partial charge in [0.1, 0.15) is 0 Å². The molecule has 0 amide bonds. The van der Waals surface area contributed by atoms with Gasteiger partial charge in [0.25, 0.3) is 0 Å². The first kappa shape index (κ1) is 20.1. The largest absolute Gasteiger partial charge is 0.301 e. The van der Waals surface area contributed by atoms with Gasteiger partial charge >= 0.3 is 0 Å². The van der Waals surface area contributed by atoms with Crippen LogP contribution in [0.2, 0.25) is 0 Å². The second-order valence-electron chi connectivity index (χ2n) is 5.00. The molecule has 0 aliphatic carbocycles. The van der Waals surface area contributed by atoms with E-state index in [1.807, 2.05) is 0 Å². The third kappa shape index (κ3) is 7.19. The van der Waals surface area contributed by atoms with Crippen molar-refractivity contribution < 1.29 is 0 Å². The SMILES string of the molecule is Cl.Cl.SCCCN1CCN(CCc2ccccc2)CC1. The average Bonchev–Trinajstić information content (AvgIpc) is 2.45. The lowest BCUT2D eigenvalue weighted by atomic mass is 10.1. The highest BCUT2D eigenvalue weighted by Gasteiger charge is 2.15. The molecule has 1 aliphatic rings. The molecule has 0 radical (unpaired) electrons. The summed E-state index contributed by atoms with van der Waals surface area (Å²) < 4.78 is 0. The van der Waals surface area contributed by atoms with Gasteiger partial charge in [0, 0.05) is 32.7 Å².